The van der Waals surface area contributed by atoms with E-state index >= 15 is 0 Å². The molecule has 20 heavy (non-hydrogen) atoms. The van der Waals surface area contributed by atoms with Gasteiger partial charge in [0.15, 0.2) is 5.65 Å². The lowest BCUT2D eigenvalue weighted by atomic mass is 10.3. The number of aryl methyl sites for hydroxylation is 1. The number of hydrogen-bond acceptors (Lipinski definition) is 4. The van der Waals surface area contributed by atoms with Gasteiger partial charge >= 0.3 is 0 Å². The van der Waals surface area contributed by atoms with Crippen LogP contribution in [0.15, 0.2) is 18.5 Å². The monoisotopic (exact) mass is 276 g/mol. The van der Waals surface area contributed by atoms with E-state index in [1.807, 2.05) is 29.9 Å². The fourth-order valence-electron chi connectivity index (χ4n) is 2.01. The van der Waals surface area contributed by atoms with Gasteiger partial charge in [-0.05, 0) is 26.3 Å². The molecule has 2 rings (SSSR count). The summed E-state index contributed by atoms with van der Waals surface area (Å²) in [4.78, 5) is 4.39. The maximum Gasteiger partial charge on any atom is 0.155 e. The fraction of sp³-hybridized carbons (Fsp3) is 0.600. The van der Waals surface area contributed by atoms with Crippen LogP contribution in [0.4, 0.5) is 0 Å². The Hall–Kier alpha value is -1.46. The highest BCUT2D eigenvalue weighted by Crippen LogP contribution is 2.04. The smallest absolute Gasteiger partial charge is 0.155 e. The highest BCUT2D eigenvalue weighted by Gasteiger charge is 2.00. The molecule has 0 atom stereocenters. The number of hydrogen-bond donors (Lipinski definition) is 1. The second-order valence-corrected chi connectivity index (χ2v) is 5.05. The van der Waals surface area contributed by atoms with E-state index in [2.05, 4.69) is 22.3 Å². The first-order valence-electron chi connectivity index (χ1n) is 7.39. The van der Waals surface area contributed by atoms with E-state index in [4.69, 9.17) is 4.74 Å². The van der Waals surface area contributed by atoms with Crippen LogP contribution in [0.1, 0.15) is 37.4 Å². The van der Waals surface area contributed by atoms with E-state index < -0.39 is 0 Å². The molecule has 0 unspecified atom stereocenters. The summed E-state index contributed by atoms with van der Waals surface area (Å²) in [6, 6.07) is 1.98. The predicted molar refractivity (Wildman–Crippen MR) is 79.8 cm³/mol. The van der Waals surface area contributed by atoms with Crippen LogP contribution < -0.4 is 5.32 Å². The van der Waals surface area contributed by atoms with E-state index in [-0.39, 0.29) is 0 Å². The van der Waals surface area contributed by atoms with Gasteiger partial charge in [-0.3, -0.25) is 0 Å². The minimum Gasteiger partial charge on any atom is -0.381 e. The van der Waals surface area contributed by atoms with Crippen LogP contribution in [0.5, 0.6) is 0 Å². The molecule has 0 spiro atoms. The average Bonchev–Trinajstić information content (AvgIpc) is 2.81. The van der Waals surface area contributed by atoms with E-state index in [1.165, 1.54) is 6.42 Å². The van der Waals surface area contributed by atoms with Gasteiger partial charge in [-0.1, -0.05) is 13.3 Å². The molecule has 2 heterocycles. The van der Waals surface area contributed by atoms with Gasteiger partial charge in [0.05, 0.1) is 5.69 Å². The van der Waals surface area contributed by atoms with Gasteiger partial charge < -0.3 is 10.1 Å². The molecule has 0 fully saturated rings. The summed E-state index contributed by atoms with van der Waals surface area (Å²) in [6.45, 7) is 7.65. The Morgan fingerprint density at radius 2 is 2.15 bits per heavy atom. The lowest BCUT2D eigenvalue weighted by Crippen LogP contribution is -2.17. The summed E-state index contributed by atoms with van der Waals surface area (Å²) in [5.41, 5.74) is 3.04. The van der Waals surface area contributed by atoms with E-state index in [0.29, 0.717) is 0 Å². The van der Waals surface area contributed by atoms with E-state index in [9.17, 15) is 0 Å². The lowest BCUT2D eigenvalue weighted by molar-refractivity contribution is 0.129. The molecule has 2 aromatic heterocycles. The van der Waals surface area contributed by atoms with Crippen molar-refractivity contribution in [3.63, 3.8) is 0 Å². The van der Waals surface area contributed by atoms with Gasteiger partial charge in [-0.25, -0.2) is 9.50 Å². The third kappa shape index (κ3) is 4.58. The fourth-order valence-corrected chi connectivity index (χ4v) is 2.01. The Labute approximate surface area is 120 Å². The number of rotatable bonds is 9. The van der Waals surface area contributed by atoms with E-state index in [1.54, 1.807) is 0 Å². The van der Waals surface area contributed by atoms with Crippen molar-refractivity contribution in [2.24, 2.45) is 0 Å². The summed E-state index contributed by atoms with van der Waals surface area (Å²) >= 11 is 0. The third-order valence-electron chi connectivity index (χ3n) is 3.10. The molecule has 1 N–H and O–H groups in total. The number of aromatic nitrogens is 3. The Bertz CT molecular complexity index is 524. The van der Waals surface area contributed by atoms with Crippen LogP contribution in [0.3, 0.4) is 0 Å². The van der Waals surface area contributed by atoms with Crippen molar-refractivity contribution in [1.82, 2.24) is 19.9 Å². The van der Waals surface area contributed by atoms with Gasteiger partial charge in [-0.15, -0.1) is 0 Å². The Morgan fingerprint density at radius 3 is 3.00 bits per heavy atom. The minimum absolute atomic E-state index is 0.816. The van der Waals surface area contributed by atoms with Crippen LogP contribution in [-0.2, 0) is 11.3 Å². The molecule has 0 aliphatic heterocycles. The number of nitrogens with one attached hydrogen (secondary N) is 1. The van der Waals surface area contributed by atoms with Crippen LogP contribution in [-0.4, -0.2) is 34.4 Å². The van der Waals surface area contributed by atoms with Gasteiger partial charge in [0.25, 0.3) is 0 Å². The molecule has 2 aromatic rings. The standard InChI is InChI=1S/C15H24N4O/c1-3-4-7-20-8-5-6-16-10-14-11-17-15-9-13(2)18-19(15)12-14/h9,11-12,16H,3-8,10H2,1-2H3. The SMILES string of the molecule is CCCCOCCCNCc1cnc2cc(C)nn2c1. The van der Waals surface area contributed by atoms with Crippen molar-refractivity contribution < 1.29 is 4.74 Å². The highest BCUT2D eigenvalue weighted by molar-refractivity contribution is 5.38. The first-order chi connectivity index (χ1) is 9.79. The van der Waals surface area contributed by atoms with Gasteiger partial charge in [0, 0.05) is 43.8 Å². The molecular weight excluding hydrogens is 252 g/mol. The second-order valence-electron chi connectivity index (χ2n) is 5.05. The van der Waals surface area contributed by atoms with Gasteiger partial charge in [-0.2, -0.15) is 5.10 Å². The Kier molecular flexibility index (Phi) is 5.95. The van der Waals surface area contributed by atoms with Crippen molar-refractivity contribution in [1.29, 1.82) is 0 Å². The molecule has 0 aliphatic rings. The zero-order valence-corrected chi connectivity index (χ0v) is 12.4. The maximum absolute atomic E-state index is 5.52. The number of unbranched alkanes of at least 4 members (excludes halogenated alkanes) is 1. The van der Waals surface area contributed by atoms with Crippen LogP contribution in [0, 0.1) is 6.92 Å². The summed E-state index contributed by atoms with van der Waals surface area (Å²) in [5.74, 6) is 0. The average molecular weight is 276 g/mol. The van der Waals surface area contributed by atoms with Crippen molar-refractivity contribution in [3.8, 4) is 0 Å². The molecule has 0 aliphatic carbocycles. The topological polar surface area (TPSA) is 51.5 Å². The Morgan fingerprint density at radius 1 is 1.30 bits per heavy atom. The molecule has 0 amide bonds. The van der Waals surface area contributed by atoms with Crippen molar-refractivity contribution in [2.75, 3.05) is 19.8 Å². The quantitative estimate of drug-likeness (QED) is 0.714. The highest BCUT2D eigenvalue weighted by atomic mass is 16.5. The molecule has 0 saturated carbocycles. The summed E-state index contributed by atoms with van der Waals surface area (Å²) in [6.07, 6.45) is 7.32. The number of fused-ring (bicyclic) bond motifs is 1. The largest absolute Gasteiger partial charge is 0.381 e. The van der Waals surface area contributed by atoms with E-state index in [0.717, 1.165) is 56.0 Å². The third-order valence-corrected chi connectivity index (χ3v) is 3.10. The van der Waals surface area contributed by atoms with Crippen LogP contribution >= 0.6 is 0 Å². The Balaban J connectivity index is 1.65. The molecular formula is C15H24N4O. The number of nitrogens with zero attached hydrogens (tertiary/aromatic N) is 3. The van der Waals surface area contributed by atoms with Crippen LogP contribution in [0.25, 0.3) is 5.65 Å². The molecule has 5 nitrogen and oxygen atoms in total. The normalized spacial score (nSPS) is 11.3. The van der Waals surface area contributed by atoms with Crippen molar-refractivity contribution >= 4 is 5.65 Å². The van der Waals surface area contributed by atoms with Crippen molar-refractivity contribution in [3.05, 3.63) is 29.7 Å². The molecule has 110 valence electrons. The second kappa shape index (κ2) is 7.97. The molecule has 5 heteroatoms. The summed E-state index contributed by atoms with van der Waals surface area (Å²) < 4.78 is 7.35. The maximum atomic E-state index is 5.52. The summed E-state index contributed by atoms with van der Waals surface area (Å²) in [5, 5.41) is 7.77. The molecule has 0 bridgehead atoms. The zero-order chi connectivity index (χ0) is 14.2. The zero-order valence-electron chi connectivity index (χ0n) is 12.4. The van der Waals surface area contributed by atoms with Crippen molar-refractivity contribution in [2.45, 2.75) is 39.7 Å². The predicted octanol–water partition coefficient (Wildman–Crippen LogP) is 2.33. The summed E-state index contributed by atoms with van der Waals surface area (Å²) in [7, 11) is 0. The number of ether oxygens (including phenoxy) is 1. The van der Waals surface area contributed by atoms with Gasteiger partial charge in [0.2, 0.25) is 0 Å². The first-order valence-corrected chi connectivity index (χ1v) is 7.39. The molecule has 0 saturated heterocycles. The van der Waals surface area contributed by atoms with Gasteiger partial charge in [0.1, 0.15) is 0 Å². The molecule has 0 radical (unpaired) electrons. The van der Waals surface area contributed by atoms with Crippen LogP contribution in [0.2, 0.25) is 0 Å². The first kappa shape index (κ1) is 14.9. The minimum atomic E-state index is 0.816. The lowest BCUT2D eigenvalue weighted by Gasteiger charge is -2.06. The molecule has 0 aromatic carbocycles.